The summed E-state index contributed by atoms with van der Waals surface area (Å²) in [7, 11) is 0. The van der Waals surface area contributed by atoms with Crippen molar-refractivity contribution in [2.45, 2.75) is 52.4 Å². The Morgan fingerprint density at radius 3 is 1.09 bits per heavy atom. The summed E-state index contributed by atoms with van der Waals surface area (Å²) >= 11 is -0.500. The smallest absolute Gasteiger partial charge is 0.141 e. The predicted molar refractivity (Wildman–Crippen MR) is 196 cm³/mol. The molecule has 0 atom stereocenters. The fourth-order valence-corrected chi connectivity index (χ4v) is 8.33. The summed E-state index contributed by atoms with van der Waals surface area (Å²) in [6.07, 6.45) is 0. The lowest BCUT2D eigenvalue weighted by Crippen LogP contribution is -2.26. The van der Waals surface area contributed by atoms with Crippen molar-refractivity contribution in [3.8, 4) is 33.4 Å². The van der Waals surface area contributed by atoms with E-state index in [9.17, 15) is 3.89 Å². The number of benzene rings is 6. The number of rotatable bonds is 0. The maximum absolute atomic E-state index is 9.88. The molecule has 3 aliphatic rings. The summed E-state index contributed by atoms with van der Waals surface area (Å²) in [6.45, 7) is 13.4. The van der Waals surface area contributed by atoms with Crippen LogP contribution in [0.5, 0.6) is 0 Å². The van der Waals surface area contributed by atoms with Crippen LogP contribution in [0.2, 0.25) is 0 Å². The summed E-state index contributed by atoms with van der Waals surface area (Å²) in [5.74, 6) is 0. The third-order valence-electron chi connectivity index (χ3n) is 10.4. The summed E-state index contributed by atoms with van der Waals surface area (Å²) in [6, 6.07) is 45.5. The molecule has 0 N–H and O–H groups in total. The molecule has 228 valence electrons. The Kier molecular flexibility index (Phi) is 7.03. The van der Waals surface area contributed by atoms with Crippen LogP contribution in [0.4, 0.5) is 3.89 Å². The molecule has 6 aromatic carbocycles. The number of thiol groups is 1. The standard InChI is InChI=1S/C27H20.C17H18.FHS/c1-17-11-13-21-22-14-12-18(2)16-26(22)27(25(21)15-17)23-9-5-3-7-19(23)20-8-4-6-10-24(20)27;1-11-5-7-13-14-8-6-12(2)10-16(14)17(3,4)15(13)9-11;1-2/h3-16H,1-2H3;5-10H,1-4H3;2H/i;;2D. The molecular weight excluding hydrogens is 580 g/mol. The Bertz CT molecular complexity index is 2020. The van der Waals surface area contributed by atoms with E-state index in [4.69, 9.17) is 1.12 Å². The highest BCUT2D eigenvalue weighted by Gasteiger charge is 2.51. The maximum Gasteiger partial charge on any atom is 0.141 e. The quantitative estimate of drug-likeness (QED) is 0.160. The molecule has 9 rings (SSSR count). The van der Waals surface area contributed by atoms with Crippen LogP contribution in [-0.2, 0) is 10.8 Å². The summed E-state index contributed by atoms with van der Waals surface area (Å²) < 4.78 is 15.3. The minimum absolute atomic E-state index is 0.142. The maximum atomic E-state index is 9.88. The molecule has 46 heavy (non-hydrogen) atoms. The van der Waals surface area contributed by atoms with Gasteiger partial charge in [0.05, 0.1) is 5.41 Å². The Hall–Kier alpha value is -4.40. The molecule has 3 aliphatic carbocycles. The van der Waals surface area contributed by atoms with E-state index in [1.54, 1.807) is 0 Å². The van der Waals surface area contributed by atoms with E-state index in [-0.39, 0.29) is 10.8 Å². The first-order valence-electron chi connectivity index (χ1n) is 16.4. The van der Waals surface area contributed by atoms with E-state index in [0.717, 1.165) is 0 Å². The second-order valence-electron chi connectivity index (χ2n) is 13.7. The lowest BCUT2D eigenvalue weighted by Gasteiger charge is -2.30. The minimum Gasteiger partial charge on any atom is -0.169 e. The zero-order valence-electron chi connectivity index (χ0n) is 28.3. The third-order valence-corrected chi connectivity index (χ3v) is 10.4. The summed E-state index contributed by atoms with van der Waals surface area (Å²) in [5, 5.41) is 0. The van der Waals surface area contributed by atoms with Gasteiger partial charge in [0.2, 0.25) is 0 Å². The van der Waals surface area contributed by atoms with Gasteiger partial charge in [-0.25, -0.2) is 0 Å². The first-order chi connectivity index (χ1) is 22.6. The van der Waals surface area contributed by atoms with Crippen molar-refractivity contribution < 1.29 is 3.89 Å². The average molecular weight is 620 g/mol. The topological polar surface area (TPSA) is 0 Å². The Morgan fingerprint density at radius 1 is 0.435 bits per heavy atom. The van der Waals surface area contributed by atoms with Crippen LogP contribution in [-0.4, -0.2) is 1.12 Å². The molecule has 2 heteroatoms. The number of fused-ring (bicyclic) bond motifs is 13. The summed E-state index contributed by atoms with van der Waals surface area (Å²) in [5.41, 5.74) is 22.2. The fraction of sp³-hybridized carbons (Fsp3) is 0.182. The van der Waals surface area contributed by atoms with Crippen LogP contribution in [0.1, 0.15) is 69.5 Å². The number of aryl methyl sites for hydroxylation is 4. The van der Waals surface area contributed by atoms with Crippen LogP contribution in [0, 0.1) is 27.7 Å². The van der Waals surface area contributed by atoms with E-state index in [1.807, 2.05) is 0 Å². The van der Waals surface area contributed by atoms with Gasteiger partial charge in [-0.1, -0.05) is 157 Å². The second-order valence-corrected chi connectivity index (χ2v) is 13.7. The van der Waals surface area contributed by atoms with Gasteiger partial charge < -0.3 is 0 Å². The molecular formula is C44H39FS. The van der Waals surface area contributed by atoms with Gasteiger partial charge in [-0.15, -0.1) is 0 Å². The molecule has 0 fully saturated rings. The van der Waals surface area contributed by atoms with Crippen molar-refractivity contribution in [2.24, 2.45) is 0 Å². The van der Waals surface area contributed by atoms with Gasteiger partial charge in [0, 0.05) is 18.3 Å². The molecule has 0 bridgehead atoms. The number of halogens is 1. The van der Waals surface area contributed by atoms with Gasteiger partial charge in [0.15, 0.2) is 0 Å². The Labute approximate surface area is 279 Å². The first-order valence-corrected chi connectivity index (χ1v) is 16.3. The van der Waals surface area contributed by atoms with Crippen molar-refractivity contribution >= 4 is 12.9 Å². The van der Waals surface area contributed by atoms with Crippen molar-refractivity contribution in [2.75, 3.05) is 0 Å². The second kappa shape index (κ2) is 11.1. The van der Waals surface area contributed by atoms with E-state index in [2.05, 4.69) is 163 Å². The lowest BCUT2D eigenvalue weighted by molar-refractivity contribution is 0.659. The van der Waals surface area contributed by atoms with Crippen LogP contribution in [0.25, 0.3) is 33.4 Å². The van der Waals surface area contributed by atoms with Crippen LogP contribution < -0.4 is 0 Å². The fourth-order valence-electron chi connectivity index (χ4n) is 8.33. The number of hydrogen-bond acceptors (Lipinski definition) is 1. The van der Waals surface area contributed by atoms with Crippen molar-refractivity contribution in [1.82, 2.24) is 0 Å². The van der Waals surface area contributed by atoms with Gasteiger partial charge in [-0.3, -0.25) is 0 Å². The van der Waals surface area contributed by atoms with Gasteiger partial charge in [0.1, 0.15) is 1.12 Å². The van der Waals surface area contributed by atoms with Crippen LogP contribution in [0.15, 0.2) is 121 Å². The van der Waals surface area contributed by atoms with Crippen molar-refractivity contribution in [1.29, 1.82) is 1.12 Å². The average Bonchev–Trinajstić information content (AvgIpc) is 3.60. The highest BCUT2D eigenvalue weighted by molar-refractivity contribution is 7.74. The zero-order chi connectivity index (χ0) is 33.1. The van der Waals surface area contributed by atoms with Crippen molar-refractivity contribution in [3.05, 3.63) is 177 Å². The van der Waals surface area contributed by atoms with E-state index < -0.39 is 12.9 Å². The van der Waals surface area contributed by atoms with Crippen LogP contribution in [0.3, 0.4) is 0 Å². The molecule has 0 aromatic heterocycles. The largest absolute Gasteiger partial charge is 0.169 e. The van der Waals surface area contributed by atoms with Gasteiger partial charge in [-0.05, 0) is 94.5 Å². The normalized spacial score (nSPS) is 14.7. The van der Waals surface area contributed by atoms with Gasteiger partial charge in [0.25, 0.3) is 0 Å². The molecule has 0 amide bonds. The zero-order valence-corrected chi connectivity index (χ0v) is 28.1. The molecule has 0 nitrogen and oxygen atoms in total. The molecule has 0 saturated carbocycles. The number of hydrogen-bond donors (Lipinski definition) is 1. The van der Waals surface area contributed by atoms with Gasteiger partial charge >= 0.3 is 0 Å². The lowest BCUT2D eigenvalue weighted by atomic mass is 9.70. The Morgan fingerprint density at radius 2 is 0.717 bits per heavy atom. The highest BCUT2D eigenvalue weighted by Crippen LogP contribution is 2.62. The van der Waals surface area contributed by atoms with E-state index in [1.165, 1.54) is 89.0 Å². The van der Waals surface area contributed by atoms with Crippen molar-refractivity contribution in [3.63, 3.8) is 0 Å². The molecule has 0 saturated heterocycles. The Balaban J connectivity index is 0.000000151. The highest BCUT2D eigenvalue weighted by atomic mass is 32.1. The predicted octanol–water partition coefficient (Wildman–Crippen LogP) is 12.1. The van der Waals surface area contributed by atoms with E-state index >= 15 is 0 Å². The van der Waals surface area contributed by atoms with Gasteiger partial charge in [-0.2, -0.15) is 3.89 Å². The van der Waals surface area contributed by atoms with Crippen LogP contribution >= 0.6 is 12.9 Å². The molecule has 0 heterocycles. The third kappa shape index (κ3) is 4.27. The molecule has 0 radical (unpaired) electrons. The molecule has 0 aliphatic heterocycles. The molecule has 6 aromatic rings. The van der Waals surface area contributed by atoms with E-state index in [0.29, 0.717) is 0 Å². The summed E-state index contributed by atoms with van der Waals surface area (Å²) in [4.78, 5) is 0. The first kappa shape index (κ1) is 29.0. The SMILES string of the molecule is Cc1ccc2c(c1)C(C)(C)c1cc(C)ccc1-2.Cc1ccc2c(c1)C1(c3ccccc3-c3ccccc31)c1cc(C)ccc1-2.[2H]SF. The monoisotopic (exact) mass is 619 g/mol. The molecule has 0 unspecified atom stereocenters. The molecule has 1 spiro atoms. The minimum atomic E-state index is -0.500.